The third kappa shape index (κ3) is 4.63. The van der Waals surface area contributed by atoms with Crippen molar-refractivity contribution in [1.29, 1.82) is 0 Å². The lowest BCUT2D eigenvalue weighted by Crippen LogP contribution is -2.45. The van der Waals surface area contributed by atoms with Crippen LogP contribution in [-0.2, 0) is 6.54 Å². The van der Waals surface area contributed by atoms with Crippen LogP contribution in [0.15, 0.2) is 37.2 Å². The molecule has 0 unspecified atom stereocenters. The highest BCUT2D eigenvalue weighted by Gasteiger charge is 2.18. The van der Waals surface area contributed by atoms with Crippen LogP contribution in [-0.4, -0.2) is 86.9 Å². The van der Waals surface area contributed by atoms with E-state index < -0.39 is 0 Å². The highest BCUT2D eigenvalue weighted by atomic mass is 16.2. The number of carbonyl (C=O) groups is 1. The Hall–Kier alpha value is -3.30. The molecule has 1 aliphatic rings. The summed E-state index contributed by atoms with van der Waals surface area (Å²) in [5, 5.41) is 3.93. The molecule has 1 fully saturated rings. The fourth-order valence-electron chi connectivity index (χ4n) is 3.88. The summed E-state index contributed by atoms with van der Waals surface area (Å²) in [6, 6.07) is 5.80. The van der Waals surface area contributed by atoms with Gasteiger partial charge in [-0.05, 0) is 24.2 Å². The molecule has 0 aromatic carbocycles. The highest BCUT2D eigenvalue weighted by molar-refractivity contribution is 5.98. The third-order valence-corrected chi connectivity index (χ3v) is 5.77. The number of pyridine rings is 1. The third-order valence-electron chi connectivity index (χ3n) is 5.77. The normalized spacial score (nSPS) is 15.1. The van der Waals surface area contributed by atoms with E-state index >= 15 is 0 Å². The number of anilines is 2. The van der Waals surface area contributed by atoms with Gasteiger partial charge in [0.1, 0.15) is 17.2 Å². The van der Waals surface area contributed by atoms with Crippen molar-refractivity contribution in [2.24, 2.45) is 0 Å². The SMILES string of the molecule is C=Cn1c(C(=O)N(C)C)cc2cnc(Nc3ccc(CN4CCN(CC)CC4)cn3)nc21. The summed E-state index contributed by atoms with van der Waals surface area (Å²) in [6.07, 6.45) is 5.18. The average molecular weight is 435 g/mol. The van der Waals surface area contributed by atoms with E-state index in [0.717, 1.165) is 44.7 Å². The van der Waals surface area contributed by atoms with Crippen LogP contribution in [0.4, 0.5) is 11.8 Å². The fraction of sp³-hybridized carbons (Fsp3) is 0.391. The lowest BCUT2D eigenvalue weighted by atomic mass is 10.2. The van der Waals surface area contributed by atoms with E-state index in [1.165, 1.54) is 10.5 Å². The Morgan fingerprint density at radius 3 is 2.53 bits per heavy atom. The summed E-state index contributed by atoms with van der Waals surface area (Å²) in [5.41, 5.74) is 2.29. The molecule has 0 atom stereocenters. The minimum absolute atomic E-state index is 0.120. The first-order valence-electron chi connectivity index (χ1n) is 10.9. The number of nitrogens with zero attached hydrogens (tertiary/aromatic N) is 7. The van der Waals surface area contributed by atoms with E-state index in [9.17, 15) is 4.79 Å². The first-order valence-corrected chi connectivity index (χ1v) is 10.9. The molecule has 4 heterocycles. The van der Waals surface area contributed by atoms with Gasteiger partial charge in [-0.25, -0.2) is 9.97 Å². The number of carbonyl (C=O) groups excluding carboxylic acids is 1. The second-order valence-electron chi connectivity index (χ2n) is 8.14. The van der Waals surface area contributed by atoms with E-state index in [4.69, 9.17) is 0 Å². The van der Waals surface area contributed by atoms with Gasteiger partial charge in [-0.2, -0.15) is 4.98 Å². The molecule has 9 heteroatoms. The van der Waals surface area contributed by atoms with Crippen molar-refractivity contribution in [3.05, 3.63) is 48.4 Å². The summed E-state index contributed by atoms with van der Waals surface area (Å²) in [6.45, 7) is 12.5. The second kappa shape index (κ2) is 9.46. The summed E-state index contributed by atoms with van der Waals surface area (Å²) in [7, 11) is 3.43. The number of fused-ring (bicyclic) bond motifs is 1. The van der Waals surface area contributed by atoms with Crippen LogP contribution < -0.4 is 5.32 Å². The molecule has 1 saturated heterocycles. The molecular weight excluding hydrogens is 404 g/mol. The summed E-state index contributed by atoms with van der Waals surface area (Å²) < 4.78 is 1.68. The summed E-state index contributed by atoms with van der Waals surface area (Å²) in [5.74, 6) is 0.967. The zero-order valence-corrected chi connectivity index (χ0v) is 19.0. The lowest BCUT2D eigenvalue weighted by molar-refractivity contribution is 0.0821. The lowest BCUT2D eigenvalue weighted by Gasteiger charge is -2.33. The van der Waals surface area contributed by atoms with E-state index in [2.05, 4.69) is 49.6 Å². The molecule has 168 valence electrons. The van der Waals surface area contributed by atoms with Crippen LogP contribution in [0.1, 0.15) is 23.0 Å². The van der Waals surface area contributed by atoms with Crippen molar-refractivity contribution < 1.29 is 4.79 Å². The van der Waals surface area contributed by atoms with Gasteiger partial charge >= 0.3 is 0 Å². The van der Waals surface area contributed by atoms with Gasteiger partial charge in [0.15, 0.2) is 0 Å². The average Bonchev–Trinajstić information content (AvgIpc) is 3.18. The van der Waals surface area contributed by atoms with Crippen LogP contribution in [0.3, 0.4) is 0 Å². The second-order valence-corrected chi connectivity index (χ2v) is 8.14. The van der Waals surface area contributed by atoms with Crippen molar-refractivity contribution in [1.82, 2.24) is 34.2 Å². The summed E-state index contributed by atoms with van der Waals surface area (Å²) in [4.78, 5) is 32.4. The topological polar surface area (TPSA) is 82.4 Å². The molecular formula is C23H30N8O. The maximum absolute atomic E-state index is 12.5. The molecule has 0 radical (unpaired) electrons. The Morgan fingerprint density at radius 1 is 1.16 bits per heavy atom. The maximum Gasteiger partial charge on any atom is 0.270 e. The Labute approximate surface area is 188 Å². The molecule has 0 spiro atoms. The van der Waals surface area contributed by atoms with Gasteiger partial charge in [0, 0.05) is 70.8 Å². The van der Waals surface area contributed by atoms with Crippen LogP contribution in [0, 0.1) is 0 Å². The molecule has 9 nitrogen and oxygen atoms in total. The Kier molecular flexibility index (Phi) is 6.48. The zero-order valence-electron chi connectivity index (χ0n) is 19.0. The first-order chi connectivity index (χ1) is 15.5. The molecule has 1 N–H and O–H groups in total. The number of nitrogens with one attached hydrogen (secondary N) is 1. The standard InChI is InChI=1S/C23H30N8O/c1-5-29-9-11-30(12-10-29)16-17-7-8-20(24-14-17)26-23-25-15-18-13-19(22(32)28(3)4)31(6-2)21(18)27-23/h6-8,13-15H,2,5,9-12,16H2,1,3-4H3,(H,24,25,26,27). The predicted octanol–water partition coefficient (Wildman–Crippen LogP) is 2.51. The molecule has 32 heavy (non-hydrogen) atoms. The van der Waals surface area contributed by atoms with Crippen molar-refractivity contribution in [3.63, 3.8) is 0 Å². The number of aromatic nitrogens is 4. The van der Waals surface area contributed by atoms with E-state index in [0.29, 0.717) is 23.1 Å². The molecule has 0 saturated carbocycles. The highest BCUT2D eigenvalue weighted by Crippen LogP contribution is 2.21. The Morgan fingerprint density at radius 2 is 1.91 bits per heavy atom. The van der Waals surface area contributed by atoms with Crippen molar-refractivity contribution in [2.75, 3.05) is 52.1 Å². The first kappa shape index (κ1) is 21.9. The molecule has 1 amide bonds. The van der Waals surface area contributed by atoms with E-state index in [1.54, 1.807) is 37.1 Å². The van der Waals surface area contributed by atoms with Gasteiger partial charge in [-0.1, -0.05) is 19.6 Å². The van der Waals surface area contributed by atoms with Crippen LogP contribution >= 0.6 is 0 Å². The van der Waals surface area contributed by atoms with Gasteiger partial charge in [0.25, 0.3) is 5.91 Å². The molecule has 4 rings (SSSR count). The summed E-state index contributed by atoms with van der Waals surface area (Å²) >= 11 is 0. The number of hydrogen-bond acceptors (Lipinski definition) is 7. The number of hydrogen-bond donors (Lipinski definition) is 1. The molecule has 0 bridgehead atoms. The molecule has 3 aromatic heterocycles. The largest absolute Gasteiger partial charge is 0.343 e. The fourth-order valence-corrected chi connectivity index (χ4v) is 3.88. The van der Waals surface area contributed by atoms with E-state index in [-0.39, 0.29) is 5.91 Å². The zero-order chi connectivity index (χ0) is 22.7. The van der Waals surface area contributed by atoms with Gasteiger partial charge < -0.3 is 15.1 Å². The molecule has 3 aromatic rings. The van der Waals surface area contributed by atoms with Gasteiger partial charge in [0.2, 0.25) is 5.95 Å². The molecule has 0 aliphatic carbocycles. The number of rotatable bonds is 7. The van der Waals surface area contributed by atoms with E-state index in [1.807, 2.05) is 12.3 Å². The number of amides is 1. The number of likely N-dealkylation sites (N-methyl/N-ethyl adjacent to an activating group) is 1. The van der Waals surface area contributed by atoms with Crippen molar-refractivity contribution >= 4 is 34.9 Å². The van der Waals surface area contributed by atoms with Crippen LogP contribution in [0.2, 0.25) is 0 Å². The predicted molar refractivity (Wildman–Crippen MR) is 127 cm³/mol. The van der Waals surface area contributed by atoms with Gasteiger partial charge in [-0.3, -0.25) is 14.3 Å². The Balaban J connectivity index is 1.46. The smallest absolute Gasteiger partial charge is 0.270 e. The van der Waals surface area contributed by atoms with Crippen LogP contribution in [0.5, 0.6) is 0 Å². The molecule has 1 aliphatic heterocycles. The number of piperazine rings is 1. The van der Waals surface area contributed by atoms with Crippen molar-refractivity contribution in [2.45, 2.75) is 13.5 Å². The Bertz CT molecular complexity index is 1100. The van der Waals surface area contributed by atoms with Crippen LogP contribution in [0.25, 0.3) is 17.2 Å². The maximum atomic E-state index is 12.5. The van der Waals surface area contributed by atoms with Gasteiger partial charge in [-0.15, -0.1) is 0 Å². The minimum atomic E-state index is -0.120. The quantitative estimate of drug-likeness (QED) is 0.612. The van der Waals surface area contributed by atoms with Crippen molar-refractivity contribution in [3.8, 4) is 0 Å². The minimum Gasteiger partial charge on any atom is -0.343 e. The monoisotopic (exact) mass is 434 g/mol. The van der Waals surface area contributed by atoms with Gasteiger partial charge in [0.05, 0.1) is 0 Å².